The topological polar surface area (TPSA) is 15.6 Å². The van der Waals surface area contributed by atoms with Gasteiger partial charge in [0.05, 0.1) is 0 Å². The molecule has 2 nitrogen and oxygen atoms in total. The molecule has 0 amide bonds. The third-order valence-corrected chi connectivity index (χ3v) is 3.43. The highest BCUT2D eigenvalue weighted by Crippen LogP contribution is 2.32. The van der Waals surface area contributed by atoms with E-state index in [0.29, 0.717) is 5.92 Å². The second kappa shape index (κ2) is 5.85. The van der Waals surface area contributed by atoms with Crippen LogP contribution < -0.4 is 0 Å². The summed E-state index contributed by atoms with van der Waals surface area (Å²) >= 11 is 0. The number of nitrogens with zero attached hydrogens (tertiary/aromatic N) is 2. The largest absolute Gasteiger partial charge is 0.310 e. The van der Waals surface area contributed by atoms with Gasteiger partial charge in [0, 0.05) is 24.9 Å². The summed E-state index contributed by atoms with van der Waals surface area (Å²) in [5.74, 6) is 1.55. The van der Waals surface area contributed by atoms with Crippen LogP contribution in [0.2, 0.25) is 0 Å². The smallest absolute Gasteiger partial charge is 0.131 e. The van der Waals surface area contributed by atoms with Gasteiger partial charge in [0.1, 0.15) is 5.84 Å². The van der Waals surface area contributed by atoms with E-state index in [1.54, 1.807) is 0 Å². The molecule has 1 atom stereocenters. The minimum atomic E-state index is 0.102. The lowest BCUT2D eigenvalue weighted by atomic mass is 9.79. The molecule has 17 heavy (non-hydrogen) atoms. The highest BCUT2D eigenvalue weighted by molar-refractivity contribution is 5.94. The first-order chi connectivity index (χ1) is 8.03. The van der Waals surface area contributed by atoms with Crippen molar-refractivity contribution in [1.82, 2.24) is 4.90 Å². The van der Waals surface area contributed by atoms with E-state index in [0.717, 1.165) is 12.3 Å². The summed E-state index contributed by atoms with van der Waals surface area (Å²) in [6.07, 6.45) is 14.0. The molecule has 1 unspecified atom stereocenters. The van der Waals surface area contributed by atoms with E-state index >= 15 is 0 Å². The van der Waals surface area contributed by atoms with Crippen LogP contribution in [0.3, 0.4) is 0 Å². The van der Waals surface area contributed by atoms with Crippen molar-refractivity contribution in [2.75, 3.05) is 7.05 Å². The zero-order chi connectivity index (χ0) is 12.9. The second-order valence-electron chi connectivity index (χ2n) is 4.95. The maximum Gasteiger partial charge on any atom is 0.131 e. The van der Waals surface area contributed by atoms with Gasteiger partial charge >= 0.3 is 0 Å². The molecular formula is C15H24N2. The van der Waals surface area contributed by atoms with Crippen LogP contribution >= 0.6 is 0 Å². The molecule has 0 aromatic carbocycles. The van der Waals surface area contributed by atoms with Gasteiger partial charge in [-0.05, 0) is 18.4 Å². The highest BCUT2D eigenvalue weighted by Gasteiger charge is 2.24. The molecule has 1 heterocycles. The van der Waals surface area contributed by atoms with Crippen molar-refractivity contribution >= 4 is 5.84 Å². The Kier molecular flexibility index (Phi) is 4.73. The van der Waals surface area contributed by atoms with Crippen LogP contribution in [0.4, 0.5) is 0 Å². The number of aliphatic imine (C=N–C) groups is 1. The number of rotatable bonds is 3. The Hall–Kier alpha value is -1.31. The predicted octanol–water partition coefficient (Wildman–Crippen LogP) is 3.99. The molecular weight excluding hydrogens is 208 g/mol. The maximum atomic E-state index is 4.32. The quantitative estimate of drug-likeness (QED) is 0.718. The lowest BCUT2D eigenvalue weighted by Crippen LogP contribution is -2.17. The van der Waals surface area contributed by atoms with Gasteiger partial charge in [0.15, 0.2) is 0 Å². The Bertz CT molecular complexity index is 361. The predicted molar refractivity (Wildman–Crippen MR) is 75.9 cm³/mol. The molecule has 2 heteroatoms. The lowest BCUT2D eigenvalue weighted by Gasteiger charge is -2.25. The first kappa shape index (κ1) is 13.8. The summed E-state index contributed by atoms with van der Waals surface area (Å²) in [6.45, 7) is 8.88. The Labute approximate surface area is 105 Å². The van der Waals surface area contributed by atoms with Crippen molar-refractivity contribution in [3.63, 3.8) is 0 Å². The summed E-state index contributed by atoms with van der Waals surface area (Å²) < 4.78 is 0. The van der Waals surface area contributed by atoms with Crippen LogP contribution in [-0.4, -0.2) is 17.8 Å². The normalized spacial score (nSPS) is 27.4. The number of amidine groups is 1. The Morgan fingerprint density at radius 2 is 2.12 bits per heavy atom. The lowest BCUT2D eigenvalue weighted by molar-refractivity contribution is 0.382. The fourth-order valence-electron chi connectivity index (χ4n) is 1.63. The van der Waals surface area contributed by atoms with E-state index in [9.17, 15) is 0 Å². The summed E-state index contributed by atoms with van der Waals surface area (Å²) in [5.41, 5.74) is 0.102. The fraction of sp³-hybridized carbons (Fsp3) is 0.533. The second-order valence-corrected chi connectivity index (χ2v) is 4.95. The minimum Gasteiger partial charge on any atom is -0.310 e. The third-order valence-electron chi connectivity index (χ3n) is 3.43. The fourth-order valence-corrected chi connectivity index (χ4v) is 1.63. The van der Waals surface area contributed by atoms with Gasteiger partial charge in [0.25, 0.3) is 0 Å². The summed E-state index contributed by atoms with van der Waals surface area (Å²) in [5, 5.41) is 0. The molecule has 1 rings (SSSR count). The van der Waals surface area contributed by atoms with Crippen molar-refractivity contribution in [3.05, 3.63) is 36.7 Å². The number of allylic oxidation sites excluding steroid dienone is 3. The Morgan fingerprint density at radius 3 is 2.65 bits per heavy atom. The minimum absolute atomic E-state index is 0.102. The van der Waals surface area contributed by atoms with E-state index in [1.807, 2.05) is 7.05 Å². The first-order valence-corrected chi connectivity index (χ1v) is 6.34. The molecule has 0 saturated carbocycles. The van der Waals surface area contributed by atoms with Crippen LogP contribution in [-0.2, 0) is 0 Å². The zero-order valence-corrected chi connectivity index (χ0v) is 11.6. The standard InChI is InChI=1S/C15H24N2/c1-6-7-11-17-12-10-15(4,13(2)3)9-8-14(17)16-5/h7-13H,6H2,1-5H3/b11-7-,16-14?. The van der Waals surface area contributed by atoms with Crippen LogP contribution in [0.5, 0.6) is 0 Å². The van der Waals surface area contributed by atoms with Gasteiger partial charge in [-0.2, -0.15) is 0 Å². The van der Waals surface area contributed by atoms with Crippen molar-refractivity contribution in [3.8, 4) is 0 Å². The van der Waals surface area contributed by atoms with Crippen molar-refractivity contribution in [2.45, 2.75) is 34.1 Å². The van der Waals surface area contributed by atoms with Crippen molar-refractivity contribution in [2.24, 2.45) is 16.3 Å². The van der Waals surface area contributed by atoms with Gasteiger partial charge < -0.3 is 4.90 Å². The average molecular weight is 232 g/mol. The SMILES string of the molecule is CC/C=C\N1C=CC(C)(C(C)C)C=CC1=NC. The maximum absolute atomic E-state index is 4.32. The molecule has 1 aliphatic heterocycles. The zero-order valence-electron chi connectivity index (χ0n) is 11.6. The van der Waals surface area contributed by atoms with Gasteiger partial charge in [-0.1, -0.05) is 45.9 Å². The van der Waals surface area contributed by atoms with Crippen molar-refractivity contribution < 1.29 is 0 Å². The van der Waals surface area contributed by atoms with Crippen molar-refractivity contribution in [1.29, 1.82) is 0 Å². The first-order valence-electron chi connectivity index (χ1n) is 6.34. The molecule has 0 saturated heterocycles. The van der Waals surface area contributed by atoms with E-state index in [4.69, 9.17) is 0 Å². The van der Waals surface area contributed by atoms with E-state index in [2.05, 4.69) is 74.3 Å². The Balaban J connectivity index is 3.05. The molecule has 0 fully saturated rings. The molecule has 0 N–H and O–H groups in total. The van der Waals surface area contributed by atoms with Gasteiger partial charge in [-0.15, -0.1) is 0 Å². The number of hydrogen-bond donors (Lipinski definition) is 0. The van der Waals surface area contributed by atoms with Gasteiger partial charge in [-0.25, -0.2) is 0 Å². The molecule has 94 valence electrons. The monoisotopic (exact) mass is 232 g/mol. The van der Waals surface area contributed by atoms with Gasteiger partial charge in [0.2, 0.25) is 0 Å². The van der Waals surface area contributed by atoms with Gasteiger partial charge in [-0.3, -0.25) is 4.99 Å². The molecule has 0 radical (unpaired) electrons. The van der Waals surface area contributed by atoms with Crippen LogP contribution in [0.25, 0.3) is 0 Å². The summed E-state index contributed by atoms with van der Waals surface area (Å²) in [7, 11) is 1.83. The Morgan fingerprint density at radius 1 is 1.41 bits per heavy atom. The third kappa shape index (κ3) is 3.32. The molecule has 0 aromatic heterocycles. The summed E-state index contributed by atoms with van der Waals surface area (Å²) in [4.78, 5) is 6.40. The van der Waals surface area contributed by atoms with E-state index in [-0.39, 0.29) is 5.41 Å². The van der Waals surface area contributed by atoms with E-state index < -0.39 is 0 Å². The van der Waals surface area contributed by atoms with Crippen LogP contribution in [0.15, 0.2) is 41.7 Å². The summed E-state index contributed by atoms with van der Waals surface area (Å²) in [6, 6.07) is 0. The van der Waals surface area contributed by atoms with Crippen LogP contribution in [0, 0.1) is 11.3 Å². The number of hydrogen-bond acceptors (Lipinski definition) is 1. The average Bonchev–Trinajstić information content (AvgIpc) is 2.47. The molecule has 1 aliphatic rings. The van der Waals surface area contributed by atoms with Crippen LogP contribution in [0.1, 0.15) is 34.1 Å². The molecule has 0 aliphatic carbocycles. The molecule has 0 aromatic rings. The highest BCUT2D eigenvalue weighted by atomic mass is 15.1. The molecule has 0 spiro atoms. The molecule has 0 bridgehead atoms. The van der Waals surface area contributed by atoms with E-state index in [1.165, 1.54) is 0 Å².